The largest absolute Gasteiger partial charge is 0.361 e. The van der Waals surface area contributed by atoms with Gasteiger partial charge in [0.15, 0.2) is 0 Å². The third-order valence-electron chi connectivity index (χ3n) is 4.26. The van der Waals surface area contributed by atoms with Crippen LogP contribution in [0.2, 0.25) is 0 Å². The Kier molecular flexibility index (Phi) is 6.75. The molecule has 0 unspecified atom stereocenters. The van der Waals surface area contributed by atoms with Gasteiger partial charge < -0.3 is 10.3 Å². The molecule has 1 aromatic carbocycles. The van der Waals surface area contributed by atoms with Crippen LogP contribution in [0.25, 0.3) is 10.9 Å². The maximum Gasteiger partial charge on any atom is 0.0457 e. The van der Waals surface area contributed by atoms with Crippen molar-refractivity contribution < 1.29 is 0 Å². The highest BCUT2D eigenvalue weighted by Gasteiger charge is 2.33. The summed E-state index contributed by atoms with van der Waals surface area (Å²) in [6.07, 6.45) is 2.05. The van der Waals surface area contributed by atoms with Gasteiger partial charge in [0.1, 0.15) is 0 Å². The molecule has 0 bridgehead atoms. The fourth-order valence-corrected chi connectivity index (χ4v) is 3.50. The van der Waals surface area contributed by atoms with Gasteiger partial charge in [0.05, 0.1) is 0 Å². The van der Waals surface area contributed by atoms with Crippen LogP contribution < -0.4 is 5.32 Å². The van der Waals surface area contributed by atoms with Gasteiger partial charge in [-0.25, -0.2) is 0 Å². The summed E-state index contributed by atoms with van der Waals surface area (Å²) in [5.74, 6) is 0. The average Bonchev–Trinajstić information content (AvgIpc) is 2.88. The lowest BCUT2D eigenvalue weighted by molar-refractivity contribution is 0.0873. The minimum Gasteiger partial charge on any atom is -0.361 e. The third-order valence-corrected chi connectivity index (χ3v) is 4.26. The first-order valence-electron chi connectivity index (χ1n) is 7.58. The number of benzene rings is 1. The Morgan fingerprint density at radius 2 is 1.73 bits per heavy atom. The Balaban J connectivity index is 0.00000121. The molecule has 0 saturated carbocycles. The van der Waals surface area contributed by atoms with Crippen LogP contribution in [0.15, 0.2) is 30.5 Å². The number of piperazine rings is 1. The lowest BCUT2D eigenvalue weighted by Crippen LogP contribution is -2.48. The Morgan fingerprint density at radius 1 is 1.05 bits per heavy atom. The second-order valence-electron chi connectivity index (χ2n) is 6.84. The molecular formula is C17H27Cl2N3. The number of fused-ring (bicyclic) bond motifs is 1. The topological polar surface area (TPSA) is 31.1 Å². The highest BCUT2D eigenvalue weighted by Crippen LogP contribution is 2.40. The molecule has 1 aliphatic rings. The minimum atomic E-state index is 0. The highest BCUT2D eigenvalue weighted by atomic mass is 35.5. The molecular weight excluding hydrogens is 317 g/mol. The predicted octanol–water partition coefficient (Wildman–Crippen LogP) is 4.00. The first-order valence-corrected chi connectivity index (χ1v) is 7.58. The standard InChI is InChI=1S/C17H25N3.2ClH/c1-17(2,3)16(20-11-9-18-10-12-20)14-5-4-6-15-13(14)7-8-19-15;;/h4-8,16,18-19H,9-12H2,1-3H3;2*1H/t16-;;/m0../s1. The summed E-state index contributed by atoms with van der Waals surface area (Å²) < 4.78 is 0. The molecule has 1 aliphatic heterocycles. The van der Waals surface area contributed by atoms with Gasteiger partial charge in [-0.3, -0.25) is 4.90 Å². The summed E-state index contributed by atoms with van der Waals surface area (Å²) in [4.78, 5) is 5.98. The molecule has 0 aliphatic carbocycles. The monoisotopic (exact) mass is 343 g/mol. The number of aromatic nitrogens is 1. The van der Waals surface area contributed by atoms with Crippen LogP contribution in [0.3, 0.4) is 0 Å². The van der Waals surface area contributed by atoms with E-state index in [0.29, 0.717) is 6.04 Å². The fourth-order valence-electron chi connectivity index (χ4n) is 3.50. The zero-order chi connectivity index (χ0) is 14.2. The SMILES string of the molecule is CC(C)(C)[C@H](c1cccc2[nH]ccc12)N1CCNCC1.Cl.Cl. The van der Waals surface area contributed by atoms with Crippen molar-refractivity contribution in [2.75, 3.05) is 26.2 Å². The molecule has 2 N–H and O–H groups in total. The lowest BCUT2D eigenvalue weighted by Gasteiger charge is -2.43. The molecule has 124 valence electrons. The second-order valence-corrected chi connectivity index (χ2v) is 6.84. The van der Waals surface area contributed by atoms with Crippen LogP contribution in [0, 0.1) is 5.41 Å². The Morgan fingerprint density at radius 3 is 2.36 bits per heavy atom. The van der Waals surface area contributed by atoms with Gasteiger partial charge in [-0.15, -0.1) is 24.8 Å². The van der Waals surface area contributed by atoms with Gasteiger partial charge >= 0.3 is 0 Å². The predicted molar refractivity (Wildman–Crippen MR) is 99.4 cm³/mol. The number of nitrogens with zero attached hydrogens (tertiary/aromatic N) is 1. The molecule has 0 radical (unpaired) electrons. The zero-order valence-corrected chi connectivity index (χ0v) is 15.2. The van der Waals surface area contributed by atoms with Crippen molar-refractivity contribution in [1.29, 1.82) is 0 Å². The van der Waals surface area contributed by atoms with E-state index in [1.807, 2.05) is 6.20 Å². The van der Waals surface area contributed by atoms with Crippen LogP contribution in [-0.4, -0.2) is 36.1 Å². The van der Waals surface area contributed by atoms with Crippen molar-refractivity contribution in [2.24, 2.45) is 5.41 Å². The normalized spacial score (nSPS) is 17.6. The molecule has 3 nitrogen and oxygen atoms in total. The van der Waals surface area contributed by atoms with Crippen LogP contribution in [0.1, 0.15) is 32.4 Å². The van der Waals surface area contributed by atoms with Crippen LogP contribution in [0.5, 0.6) is 0 Å². The molecule has 22 heavy (non-hydrogen) atoms. The van der Waals surface area contributed by atoms with E-state index in [-0.39, 0.29) is 30.2 Å². The van der Waals surface area contributed by atoms with Crippen LogP contribution >= 0.6 is 24.8 Å². The number of H-pyrrole nitrogens is 1. The second kappa shape index (κ2) is 7.69. The molecule has 1 aromatic heterocycles. The van der Waals surface area contributed by atoms with Crippen molar-refractivity contribution in [1.82, 2.24) is 15.2 Å². The van der Waals surface area contributed by atoms with Gasteiger partial charge in [-0.05, 0) is 23.1 Å². The lowest BCUT2D eigenvalue weighted by atomic mass is 9.80. The van der Waals surface area contributed by atoms with Crippen molar-refractivity contribution in [2.45, 2.75) is 26.8 Å². The van der Waals surface area contributed by atoms with Gasteiger partial charge in [-0.2, -0.15) is 0 Å². The van der Waals surface area contributed by atoms with Crippen molar-refractivity contribution in [3.05, 3.63) is 36.0 Å². The number of hydrogen-bond donors (Lipinski definition) is 2. The van der Waals surface area contributed by atoms with E-state index in [9.17, 15) is 0 Å². The highest BCUT2D eigenvalue weighted by molar-refractivity contribution is 5.85. The van der Waals surface area contributed by atoms with Crippen LogP contribution in [-0.2, 0) is 0 Å². The summed E-state index contributed by atoms with van der Waals surface area (Å²) in [7, 11) is 0. The first kappa shape index (κ1) is 19.3. The smallest absolute Gasteiger partial charge is 0.0457 e. The van der Waals surface area contributed by atoms with E-state index >= 15 is 0 Å². The Hall–Kier alpha value is -0.740. The van der Waals surface area contributed by atoms with Crippen molar-refractivity contribution >= 4 is 35.7 Å². The number of aromatic amines is 1. The van der Waals surface area contributed by atoms with Gasteiger partial charge in [0.25, 0.3) is 0 Å². The molecule has 1 fully saturated rings. The average molecular weight is 344 g/mol. The molecule has 2 aromatic rings. The molecule has 0 spiro atoms. The summed E-state index contributed by atoms with van der Waals surface area (Å²) >= 11 is 0. The number of rotatable bonds is 2. The minimum absolute atomic E-state index is 0. The molecule has 1 saturated heterocycles. The van der Waals surface area contributed by atoms with Crippen molar-refractivity contribution in [3.63, 3.8) is 0 Å². The fraction of sp³-hybridized carbons (Fsp3) is 0.529. The van der Waals surface area contributed by atoms with Crippen LogP contribution in [0.4, 0.5) is 0 Å². The van der Waals surface area contributed by atoms with Gasteiger partial charge in [0.2, 0.25) is 0 Å². The third kappa shape index (κ3) is 3.77. The summed E-state index contributed by atoms with van der Waals surface area (Å²) in [6, 6.07) is 9.31. The molecule has 3 rings (SSSR count). The quantitative estimate of drug-likeness (QED) is 0.863. The summed E-state index contributed by atoms with van der Waals surface area (Å²) in [6.45, 7) is 11.5. The summed E-state index contributed by atoms with van der Waals surface area (Å²) in [5.41, 5.74) is 2.92. The summed E-state index contributed by atoms with van der Waals surface area (Å²) in [5, 5.41) is 4.82. The van der Waals surface area contributed by atoms with Gasteiger partial charge in [-0.1, -0.05) is 32.9 Å². The van der Waals surface area contributed by atoms with E-state index < -0.39 is 0 Å². The Labute approximate surface area is 145 Å². The van der Waals surface area contributed by atoms with Crippen molar-refractivity contribution in [3.8, 4) is 0 Å². The first-order chi connectivity index (χ1) is 9.57. The number of nitrogens with one attached hydrogen (secondary N) is 2. The van der Waals surface area contributed by atoms with E-state index in [2.05, 4.69) is 60.2 Å². The maximum atomic E-state index is 3.46. The van der Waals surface area contributed by atoms with E-state index in [0.717, 1.165) is 26.2 Å². The van der Waals surface area contributed by atoms with Gasteiger partial charge in [0, 0.05) is 49.3 Å². The van der Waals surface area contributed by atoms with E-state index in [1.54, 1.807) is 0 Å². The zero-order valence-electron chi connectivity index (χ0n) is 13.6. The Bertz CT molecular complexity index is 583. The molecule has 0 amide bonds. The molecule has 5 heteroatoms. The number of halogens is 2. The molecule has 1 atom stereocenters. The van der Waals surface area contributed by atoms with E-state index in [4.69, 9.17) is 0 Å². The molecule has 2 heterocycles. The van der Waals surface area contributed by atoms with E-state index in [1.165, 1.54) is 16.5 Å². The maximum absolute atomic E-state index is 3.46. The number of hydrogen-bond acceptors (Lipinski definition) is 2.